The zero-order valence-corrected chi connectivity index (χ0v) is 21.6. The van der Waals surface area contributed by atoms with Gasteiger partial charge in [-0.05, 0) is 42.0 Å². The van der Waals surface area contributed by atoms with E-state index in [2.05, 4.69) is 26.0 Å². The fourth-order valence-electron chi connectivity index (χ4n) is 3.54. The number of hydrogen-bond acceptors (Lipinski definition) is 5. The van der Waals surface area contributed by atoms with Gasteiger partial charge in [0.15, 0.2) is 11.5 Å². The summed E-state index contributed by atoms with van der Waals surface area (Å²) in [5.74, 6) is 0.836. The highest BCUT2D eigenvalue weighted by atomic mass is 79.9. The molecule has 4 aromatic rings. The topological polar surface area (TPSA) is 65.7 Å². The van der Waals surface area contributed by atoms with Crippen LogP contribution in [0.2, 0.25) is 5.02 Å². The molecule has 0 aliphatic carbocycles. The summed E-state index contributed by atoms with van der Waals surface area (Å²) in [4.78, 5) is 18.0. The highest BCUT2D eigenvalue weighted by molar-refractivity contribution is 9.10. The molecule has 6 nitrogen and oxygen atoms in total. The molecular formula is C26H22BrClFN3O3. The summed E-state index contributed by atoms with van der Waals surface area (Å²) in [6, 6.07) is 14.7. The number of ether oxygens (including phenoxy) is 2. The van der Waals surface area contributed by atoms with Crippen molar-refractivity contribution < 1.29 is 13.9 Å². The summed E-state index contributed by atoms with van der Waals surface area (Å²) in [7, 11) is 1.49. The van der Waals surface area contributed by atoms with Crippen LogP contribution in [0.5, 0.6) is 11.5 Å². The summed E-state index contributed by atoms with van der Waals surface area (Å²) >= 11 is 9.70. The van der Waals surface area contributed by atoms with Gasteiger partial charge in [0.25, 0.3) is 5.56 Å². The van der Waals surface area contributed by atoms with E-state index in [-0.39, 0.29) is 23.9 Å². The van der Waals surface area contributed by atoms with Gasteiger partial charge in [0.05, 0.1) is 24.2 Å². The molecule has 0 amide bonds. The first kappa shape index (κ1) is 24.9. The van der Waals surface area contributed by atoms with Crippen LogP contribution in [0.1, 0.15) is 36.7 Å². The number of methoxy groups -OCH3 is 1. The second kappa shape index (κ2) is 10.6. The van der Waals surface area contributed by atoms with Crippen molar-refractivity contribution in [1.29, 1.82) is 0 Å². The fraction of sp³-hybridized carbons (Fsp3) is 0.192. The van der Waals surface area contributed by atoms with Crippen LogP contribution in [0, 0.1) is 5.82 Å². The predicted octanol–water partition coefficient (Wildman–Crippen LogP) is 6.54. The standard InChI is InChI=1S/C26H22BrClFN3O3/c1-15(2)25-31-22-8-7-18(27)11-21(22)26(33)32(25)30-13-17-10-19(28)12-23(34-3)24(17)35-14-16-5-4-6-20(29)9-16/h4-13,15H,14H2,1-3H3. The van der Waals surface area contributed by atoms with Crippen LogP contribution in [0.4, 0.5) is 4.39 Å². The molecule has 35 heavy (non-hydrogen) atoms. The molecule has 0 aliphatic heterocycles. The molecule has 0 aliphatic rings. The van der Waals surface area contributed by atoms with Crippen molar-refractivity contribution in [2.45, 2.75) is 26.4 Å². The number of nitrogens with zero attached hydrogens (tertiary/aromatic N) is 3. The van der Waals surface area contributed by atoms with Gasteiger partial charge in [-0.25, -0.2) is 9.37 Å². The third kappa shape index (κ3) is 5.55. The number of rotatable bonds is 7. The third-order valence-corrected chi connectivity index (χ3v) is 5.91. The Hall–Kier alpha value is -3.23. The van der Waals surface area contributed by atoms with Gasteiger partial charge in [0.1, 0.15) is 18.2 Å². The second-order valence-electron chi connectivity index (χ2n) is 8.09. The highest BCUT2D eigenvalue weighted by Gasteiger charge is 2.16. The van der Waals surface area contributed by atoms with Crippen molar-refractivity contribution in [1.82, 2.24) is 9.66 Å². The summed E-state index contributed by atoms with van der Waals surface area (Å²) in [6.07, 6.45) is 1.48. The zero-order valence-electron chi connectivity index (χ0n) is 19.3. The Labute approximate surface area is 215 Å². The lowest BCUT2D eigenvalue weighted by atomic mass is 10.2. The summed E-state index contributed by atoms with van der Waals surface area (Å²) in [5, 5.41) is 5.31. The lowest BCUT2D eigenvalue weighted by molar-refractivity contribution is 0.283. The van der Waals surface area contributed by atoms with E-state index < -0.39 is 0 Å². The quantitative estimate of drug-likeness (QED) is 0.242. The molecule has 0 saturated heterocycles. The number of benzene rings is 3. The molecule has 1 heterocycles. The molecule has 180 valence electrons. The normalized spacial score (nSPS) is 11.5. The number of aromatic nitrogens is 2. The van der Waals surface area contributed by atoms with E-state index in [1.165, 1.54) is 30.1 Å². The minimum absolute atomic E-state index is 0.0644. The Kier molecular flexibility index (Phi) is 7.52. The predicted molar refractivity (Wildman–Crippen MR) is 140 cm³/mol. The smallest absolute Gasteiger partial charge is 0.282 e. The van der Waals surface area contributed by atoms with E-state index >= 15 is 0 Å². The lowest BCUT2D eigenvalue weighted by Gasteiger charge is -2.15. The van der Waals surface area contributed by atoms with Crippen LogP contribution < -0.4 is 15.0 Å². The summed E-state index contributed by atoms with van der Waals surface area (Å²) in [5.41, 5.74) is 1.43. The van der Waals surface area contributed by atoms with E-state index in [0.29, 0.717) is 44.4 Å². The summed E-state index contributed by atoms with van der Waals surface area (Å²) in [6.45, 7) is 3.97. The van der Waals surface area contributed by atoms with Gasteiger partial charge >= 0.3 is 0 Å². The molecule has 9 heteroatoms. The van der Waals surface area contributed by atoms with Gasteiger partial charge < -0.3 is 9.47 Å². The number of fused-ring (bicyclic) bond motifs is 1. The molecule has 0 saturated carbocycles. The Balaban J connectivity index is 1.79. The van der Waals surface area contributed by atoms with Gasteiger partial charge in [-0.15, -0.1) is 0 Å². The van der Waals surface area contributed by atoms with Crippen molar-refractivity contribution in [2.75, 3.05) is 7.11 Å². The van der Waals surface area contributed by atoms with Crippen LogP contribution in [0.3, 0.4) is 0 Å². The Morgan fingerprint density at radius 2 is 2.00 bits per heavy atom. The maximum atomic E-state index is 13.6. The van der Waals surface area contributed by atoms with E-state index in [0.717, 1.165) is 4.47 Å². The SMILES string of the molecule is COc1cc(Cl)cc(C=Nn2c(C(C)C)nc3ccc(Br)cc3c2=O)c1OCc1cccc(F)c1. The van der Waals surface area contributed by atoms with Crippen molar-refractivity contribution in [3.63, 3.8) is 0 Å². The largest absolute Gasteiger partial charge is 0.493 e. The van der Waals surface area contributed by atoms with Gasteiger partial charge in [-0.2, -0.15) is 9.78 Å². The average Bonchev–Trinajstić information content (AvgIpc) is 2.82. The Morgan fingerprint density at radius 1 is 1.20 bits per heavy atom. The van der Waals surface area contributed by atoms with Crippen molar-refractivity contribution >= 4 is 44.6 Å². The Morgan fingerprint density at radius 3 is 2.71 bits per heavy atom. The van der Waals surface area contributed by atoms with Gasteiger partial charge in [-0.1, -0.05) is 53.5 Å². The van der Waals surface area contributed by atoms with E-state index in [1.807, 2.05) is 19.9 Å². The Bertz CT molecular complexity index is 1490. The first-order valence-electron chi connectivity index (χ1n) is 10.8. The molecule has 1 aromatic heterocycles. The molecule has 3 aromatic carbocycles. The molecule has 0 fully saturated rings. The first-order chi connectivity index (χ1) is 16.8. The second-order valence-corrected chi connectivity index (χ2v) is 9.44. The minimum atomic E-state index is -0.355. The van der Waals surface area contributed by atoms with Crippen LogP contribution >= 0.6 is 27.5 Å². The third-order valence-electron chi connectivity index (χ3n) is 5.20. The monoisotopic (exact) mass is 557 g/mol. The van der Waals surface area contributed by atoms with Crippen molar-refractivity contribution in [2.24, 2.45) is 5.10 Å². The number of hydrogen-bond donors (Lipinski definition) is 0. The highest BCUT2D eigenvalue weighted by Crippen LogP contribution is 2.34. The molecule has 4 rings (SSSR count). The molecule has 0 radical (unpaired) electrons. The van der Waals surface area contributed by atoms with E-state index in [1.54, 1.807) is 36.4 Å². The van der Waals surface area contributed by atoms with Crippen molar-refractivity contribution in [3.8, 4) is 11.5 Å². The minimum Gasteiger partial charge on any atom is -0.493 e. The maximum absolute atomic E-state index is 13.6. The zero-order chi connectivity index (χ0) is 25.1. The average molecular weight is 559 g/mol. The first-order valence-corrected chi connectivity index (χ1v) is 11.9. The molecule has 0 bridgehead atoms. The van der Waals surface area contributed by atoms with Gasteiger partial charge in [0, 0.05) is 27.0 Å². The number of halogens is 3. The molecule has 0 unspecified atom stereocenters. The van der Waals surface area contributed by atoms with E-state index in [4.69, 9.17) is 21.1 Å². The van der Waals surface area contributed by atoms with Gasteiger partial charge in [-0.3, -0.25) is 4.79 Å². The van der Waals surface area contributed by atoms with Gasteiger partial charge in [0.2, 0.25) is 0 Å². The van der Waals surface area contributed by atoms with Crippen LogP contribution in [-0.2, 0) is 6.61 Å². The molecule has 0 atom stereocenters. The molecule has 0 N–H and O–H groups in total. The fourth-order valence-corrected chi connectivity index (χ4v) is 4.12. The van der Waals surface area contributed by atoms with Crippen molar-refractivity contribution in [3.05, 3.63) is 97.2 Å². The molecular weight excluding hydrogens is 537 g/mol. The summed E-state index contributed by atoms with van der Waals surface area (Å²) < 4.78 is 27.1. The lowest BCUT2D eigenvalue weighted by Crippen LogP contribution is -2.23. The van der Waals surface area contributed by atoms with Crippen LogP contribution in [-0.4, -0.2) is 23.0 Å². The van der Waals surface area contributed by atoms with Crippen LogP contribution in [0.15, 0.2) is 69.0 Å². The van der Waals surface area contributed by atoms with Crippen LogP contribution in [0.25, 0.3) is 10.9 Å². The van der Waals surface area contributed by atoms with E-state index in [9.17, 15) is 9.18 Å². The molecule has 0 spiro atoms. The maximum Gasteiger partial charge on any atom is 0.282 e.